The van der Waals surface area contributed by atoms with Crippen LogP contribution in [0.5, 0.6) is 0 Å². The van der Waals surface area contributed by atoms with Crippen molar-refractivity contribution in [3.8, 4) is 0 Å². The molecule has 0 aromatic heterocycles. The largest absolute Gasteiger partial charge is 0.338 e. The van der Waals surface area contributed by atoms with E-state index in [9.17, 15) is 4.79 Å². The van der Waals surface area contributed by atoms with Crippen LogP contribution in [0.1, 0.15) is 30.6 Å². The maximum Gasteiger partial charge on any atom is 0.253 e. The Bertz CT molecular complexity index is 445. The number of rotatable bonds is 2. The molecule has 0 unspecified atom stereocenters. The highest BCUT2D eigenvalue weighted by molar-refractivity contribution is 8.00. The van der Waals surface area contributed by atoms with Gasteiger partial charge in [0, 0.05) is 34.8 Å². The SMILES string of the molecule is CC1(C)CCN(C(=O)c2ccc(NN)cc2)CCS1. The van der Waals surface area contributed by atoms with Crippen LogP contribution in [0.3, 0.4) is 0 Å². The van der Waals surface area contributed by atoms with E-state index in [2.05, 4.69) is 19.3 Å². The molecule has 4 nitrogen and oxygen atoms in total. The lowest BCUT2D eigenvalue weighted by molar-refractivity contribution is 0.0764. The van der Waals surface area contributed by atoms with Gasteiger partial charge in [-0.2, -0.15) is 11.8 Å². The molecule has 3 N–H and O–H groups in total. The summed E-state index contributed by atoms with van der Waals surface area (Å²) in [4.78, 5) is 14.4. The Hall–Kier alpha value is -1.20. The van der Waals surface area contributed by atoms with Crippen LogP contribution in [0.15, 0.2) is 24.3 Å². The lowest BCUT2D eigenvalue weighted by atomic mass is 10.1. The molecule has 0 radical (unpaired) electrons. The van der Waals surface area contributed by atoms with E-state index in [-0.39, 0.29) is 10.7 Å². The minimum atomic E-state index is 0.113. The Morgan fingerprint density at radius 3 is 2.63 bits per heavy atom. The van der Waals surface area contributed by atoms with Crippen LogP contribution in [0.2, 0.25) is 0 Å². The fraction of sp³-hybridized carbons (Fsp3) is 0.500. The third-order valence-electron chi connectivity index (χ3n) is 3.42. The van der Waals surface area contributed by atoms with Crippen molar-refractivity contribution in [1.82, 2.24) is 4.90 Å². The van der Waals surface area contributed by atoms with Gasteiger partial charge in [-0.1, -0.05) is 13.8 Å². The number of anilines is 1. The molecule has 2 rings (SSSR count). The van der Waals surface area contributed by atoms with E-state index in [1.807, 2.05) is 40.9 Å². The van der Waals surface area contributed by atoms with Crippen LogP contribution in [-0.4, -0.2) is 34.4 Å². The first-order chi connectivity index (χ1) is 9.02. The zero-order chi connectivity index (χ0) is 13.9. The fourth-order valence-electron chi connectivity index (χ4n) is 2.12. The molecule has 1 aliphatic rings. The molecule has 19 heavy (non-hydrogen) atoms. The summed E-state index contributed by atoms with van der Waals surface area (Å²) in [6, 6.07) is 7.29. The van der Waals surface area contributed by atoms with Crippen LogP contribution < -0.4 is 11.3 Å². The number of thioether (sulfide) groups is 1. The second-order valence-electron chi connectivity index (χ2n) is 5.37. The number of carbonyl (C=O) groups is 1. The molecular formula is C14H21N3OS. The number of benzene rings is 1. The highest BCUT2D eigenvalue weighted by atomic mass is 32.2. The maximum atomic E-state index is 12.4. The number of nitrogen functional groups attached to an aromatic ring is 1. The Balaban J connectivity index is 2.06. The summed E-state index contributed by atoms with van der Waals surface area (Å²) < 4.78 is 0.266. The molecule has 1 amide bonds. The number of hydrogen-bond donors (Lipinski definition) is 2. The van der Waals surface area contributed by atoms with Crippen LogP contribution >= 0.6 is 11.8 Å². The van der Waals surface area contributed by atoms with Crippen molar-refractivity contribution in [3.05, 3.63) is 29.8 Å². The number of nitrogens with one attached hydrogen (secondary N) is 1. The molecule has 1 aromatic rings. The van der Waals surface area contributed by atoms with Crippen molar-refractivity contribution in [2.24, 2.45) is 5.84 Å². The molecule has 0 aliphatic carbocycles. The molecule has 0 spiro atoms. The van der Waals surface area contributed by atoms with Crippen LogP contribution in [0.4, 0.5) is 5.69 Å². The van der Waals surface area contributed by atoms with E-state index < -0.39 is 0 Å². The average Bonchev–Trinajstić information content (AvgIpc) is 2.59. The van der Waals surface area contributed by atoms with Crippen molar-refractivity contribution in [1.29, 1.82) is 0 Å². The third-order valence-corrected chi connectivity index (χ3v) is 4.80. The molecule has 0 bridgehead atoms. The predicted molar refractivity (Wildman–Crippen MR) is 81.3 cm³/mol. The van der Waals surface area contributed by atoms with Gasteiger partial charge >= 0.3 is 0 Å². The molecule has 1 fully saturated rings. The minimum absolute atomic E-state index is 0.113. The van der Waals surface area contributed by atoms with Crippen molar-refractivity contribution >= 4 is 23.4 Å². The van der Waals surface area contributed by atoms with Gasteiger partial charge < -0.3 is 10.3 Å². The second-order valence-corrected chi connectivity index (χ2v) is 7.17. The van der Waals surface area contributed by atoms with Crippen LogP contribution in [0.25, 0.3) is 0 Å². The van der Waals surface area contributed by atoms with Gasteiger partial charge in [0.1, 0.15) is 0 Å². The highest BCUT2D eigenvalue weighted by Crippen LogP contribution is 2.31. The molecule has 1 aliphatic heterocycles. The Morgan fingerprint density at radius 2 is 2.00 bits per heavy atom. The van der Waals surface area contributed by atoms with Crippen molar-refractivity contribution < 1.29 is 4.79 Å². The third kappa shape index (κ3) is 3.64. The lowest BCUT2D eigenvalue weighted by Crippen LogP contribution is -2.33. The number of hydrazine groups is 1. The van der Waals surface area contributed by atoms with Crippen molar-refractivity contribution in [2.45, 2.75) is 25.0 Å². The maximum absolute atomic E-state index is 12.4. The second kappa shape index (κ2) is 5.84. The lowest BCUT2D eigenvalue weighted by Gasteiger charge is -2.22. The summed E-state index contributed by atoms with van der Waals surface area (Å²) in [7, 11) is 0. The molecule has 1 heterocycles. The molecule has 1 aromatic carbocycles. The summed E-state index contributed by atoms with van der Waals surface area (Å²) in [5.74, 6) is 6.44. The van der Waals surface area contributed by atoms with Crippen LogP contribution in [-0.2, 0) is 0 Å². The first kappa shape index (κ1) is 14.2. The molecule has 5 heteroatoms. The van der Waals surface area contributed by atoms with Gasteiger partial charge in [0.05, 0.1) is 0 Å². The van der Waals surface area contributed by atoms with Gasteiger partial charge in [-0.3, -0.25) is 10.6 Å². The fourth-order valence-corrected chi connectivity index (χ4v) is 3.21. The first-order valence-electron chi connectivity index (χ1n) is 6.52. The van der Waals surface area contributed by atoms with E-state index in [1.165, 1.54) is 0 Å². The first-order valence-corrected chi connectivity index (χ1v) is 7.50. The van der Waals surface area contributed by atoms with Gasteiger partial charge in [0.2, 0.25) is 0 Å². The average molecular weight is 279 g/mol. The predicted octanol–water partition coefficient (Wildman–Crippen LogP) is 2.33. The molecule has 1 saturated heterocycles. The van der Waals surface area contributed by atoms with E-state index in [1.54, 1.807) is 0 Å². The number of amides is 1. The smallest absolute Gasteiger partial charge is 0.253 e. The Labute approximate surface area is 118 Å². The summed E-state index contributed by atoms with van der Waals surface area (Å²) in [5, 5.41) is 0. The van der Waals surface area contributed by atoms with E-state index in [0.29, 0.717) is 0 Å². The number of hydrogen-bond acceptors (Lipinski definition) is 4. The summed E-state index contributed by atoms with van der Waals surface area (Å²) in [6.45, 7) is 6.14. The standard InChI is InChI=1S/C14H21N3OS/c1-14(2)7-8-17(9-10-19-14)13(18)11-3-5-12(16-15)6-4-11/h3-6,16H,7-10,15H2,1-2H3. The number of nitrogens with zero attached hydrogens (tertiary/aromatic N) is 1. The Kier molecular flexibility index (Phi) is 4.37. The van der Waals surface area contributed by atoms with E-state index >= 15 is 0 Å². The summed E-state index contributed by atoms with van der Waals surface area (Å²) >= 11 is 1.94. The van der Waals surface area contributed by atoms with Gasteiger partial charge in [-0.25, -0.2) is 0 Å². The molecule has 104 valence electrons. The van der Waals surface area contributed by atoms with Gasteiger partial charge in [0.25, 0.3) is 5.91 Å². The minimum Gasteiger partial charge on any atom is -0.338 e. The monoisotopic (exact) mass is 279 g/mol. The highest BCUT2D eigenvalue weighted by Gasteiger charge is 2.26. The molecular weight excluding hydrogens is 258 g/mol. The van der Waals surface area contributed by atoms with Crippen LogP contribution in [0, 0.1) is 0 Å². The van der Waals surface area contributed by atoms with Gasteiger partial charge in [-0.05, 0) is 30.7 Å². The van der Waals surface area contributed by atoms with E-state index in [4.69, 9.17) is 5.84 Å². The number of nitrogens with two attached hydrogens (primary N) is 1. The number of carbonyl (C=O) groups excluding carboxylic acids is 1. The molecule has 0 saturated carbocycles. The zero-order valence-electron chi connectivity index (χ0n) is 11.5. The quantitative estimate of drug-likeness (QED) is 0.644. The topological polar surface area (TPSA) is 58.4 Å². The van der Waals surface area contributed by atoms with Crippen molar-refractivity contribution in [3.63, 3.8) is 0 Å². The van der Waals surface area contributed by atoms with E-state index in [0.717, 1.165) is 36.5 Å². The van der Waals surface area contributed by atoms with Gasteiger partial charge in [-0.15, -0.1) is 0 Å². The normalized spacial score (nSPS) is 18.8. The zero-order valence-corrected chi connectivity index (χ0v) is 12.3. The Morgan fingerprint density at radius 1 is 1.32 bits per heavy atom. The summed E-state index contributed by atoms with van der Waals surface area (Å²) in [5.41, 5.74) is 4.10. The molecule has 0 atom stereocenters. The van der Waals surface area contributed by atoms with Gasteiger partial charge in [0.15, 0.2) is 0 Å². The summed E-state index contributed by atoms with van der Waals surface area (Å²) in [6.07, 6.45) is 1.03. The van der Waals surface area contributed by atoms with Crippen molar-refractivity contribution in [2.75, 3.05) is 24.3 Å².